The Balaban J connectivity index is 1.99. The van der Waals surface area contributed by atoms with Crippen molar-refractivity contribution in [1.29, 1.82) is 0 Å². The molecular weight excluding hydrogens is 206 g/mol. The first kappa shape index (κ1) is 9.33. The number of imidazole rings is 1. The Kier molecular flexibility index (Phi) is 1.92. The van der Waals surface area contributed by atoms with Gasteiger partial charge in [-0.15, -0.1) is 0 Å². The highest BCUT2D eigenvalue weighted by atomic mass is 16.4. The van der Waals surface area contributed by atoms with Gasteiger partial charge in [-0.25, -0.2) is 14.8 Å². The molecule has 2 N–H and O–H groups in total. The van der Waals surface area contributed by atoms with Crippen LogP contribution in [0.5, 0.6) is 0 Å². The molecule has 2 aromatic heterocycles. The number of hydrogen-bond donors (Lipinski definition) is 2. The van der Waals surface area contributed by atoms with E-state index in [4.69, 9.17) is 5.11 Å². The zero-order valence-corrected chi connectivity index (χ0v) is 8.60. The lowest BCUT2D eigenvalue weighted by molar-refractivity contribution is 0.0696. The van der Waals surface area contributed by atoms with E-state index in [2.05, 4.69) is 15.0 Å². The number of nitrogens with zero attached hydrogens (tertiary/aromatic N) is 2. The standard InChI is InChI=1S/C11H11N3O2/c15-11(16)7-4-8-10(12-5-7)14-9(13-8)3-6-1-2-6/h4-6H,1-3H2,(H,15,16)(H,12,13,14). The van der Waals surface area contributed by atoms with E-state index in [-0.39, 0.29) is 5.56 Å². The molecule has 0 amide bonds. The van der Waals surface area contributed by atoms with Gasteiger partial charge in [-0.2, -0.15) is 0 Å². The second-order valence-corrected chi connectivity index (χ2v) is 4.23. The lowest BCUT2D eigenvalue weighted by Crippen LogP contribution is -1.96. The van der Waals surface area contributed by atoms with Crippen molar-refractivity contribution in [3.8, 4) is 0 Å². The van der Waals surface area contributed by atoms with Crippen LogP contribution in [0.3, 0.4) is 0 Å². The van der Waals surface area contributed by atoms with Gasteiger partial charge in [0.15, 0.2) is 5.65 Å². The Bertz CT molecular complexity index is 557. The molecule has 5 nitrogen and oxygen atoms in total. The Hall–Kier alpha value is -1.91. The summed E-state index contributed by atoms with van der Waals surface area (Å²) in [5.41, 5.74) is 1.49. The van der Waals surface area contributed by atoms with Gasteiger partial charge < -0.3 is 10.1 Å². The van der Waals surface area contributed by atoms with E-state index >= 15 is 0 Å². The third-order valence-corrected chi connectivity index (χ3v) is 2.81. The summed E-state index contributed by atoms with van der Waals surface area (Å²) < 4.78 is 0. The number of hydrogen-bond acceptors (Lipinski definition) is 3. The molecule has 16 heavy (non-hydrogen) atoms. The summed E-state index contributed by atoms with van der Waals surface area (Å²) in [6, 6.07) is 1.58. The third kappa shape index (κ3) is 1.64. The van der Waals surface area contributed by atoms with Crippen molar-refractivity contribution in [3.63, 3.8) is 0 Å². The molecule has 0 bridgehead atoms. The second kappa shape index (κ2) is 3.30. The van der Waals surface area contributed by atoms with E-state index in [1.807, 2.05) is 0 Å². The highest BCUT2D eigenvalue weighted by Gasteiger charge is 2.23. The Morgan fingerprint density at radius 2 is 2.38 bits per heavy atom. The topological polar surface area (TPSA) is 78.9 Å². The number of nitrogens with one attached hydrogen (secondary N) is 1. The van der Waals surface area contributed by atoms with Crippen LogP contribution in [-0.2, 0) is 6.42 Å². The molecule has 0 saturated heterocycles. The van der Waals surface area contributed by atoms with Gasteiger partial charge >= 0.3 is 5.97 Å². The minimum Gasteiger partial charge on any atom is -0.478 e. The fourth-order valence-corrected chi connectivity index (χ4v) is 1.76. The molecule has 1 saturated carbocycles. The molecule has 0 unspecified atom stereocenters. The second-order valence-electron chi connectivity index (χ2n) is 4.23. The van der Waals surface area contributed by atoms with Gasteiger partial charge in [0.1, 0.15) is 5.82 Å². The maximum atomic E-state index is 10.8. The van der Waals surface area contributed by atoms with E-state index in [9.17, 15) is 4.79 Å². The minimum atomic E-state index is -0.965. The Morgan fingerprint density at radius 3 is 3.06 bits per heavy atom. The molecule has 3 rings (SSSR count). The summed E-state index contributed by atoms with van der Waals surface area (Å²) in [5.74, 6) is 0.694. The van der Waals surface area contributed by atoms with Crippen LogP contribution in [0.15, 0.2) is 12.3 Å². The fraction of sp³-hybridized carbons (Fsp3) is 0.364. The quantitative estimate of drug-likeness (QED) is 0.818. The molecule has 0 aliphatic heterocycles. The molecule has 1 fully saturated rings. The van der Waals surface area contributed by atoms with Crippen molar-refractivity contribution < 1.29 is 9.90 Å². The van der Waals surface area contributed by atoms with Crippen molar-refractivity contribution in [2.24, 2.45) is 5.92 Å². The van der Waals surface area contributed by atoms with E-state index in [1.54, 1.807) is 6.07 Å². The van der Waals surface area contributed by atoms with Crippen LogP contribution in [0.4, 0.5) is 0 Å². The number of carbonyl (C=O) groups is 1. The highest BCUT2D eigenvalue weighted by molar-refractivity contribution is 5.90. The number of carboxylic acids is 1. The number of fused-ring (bicyclic) bond motifs is 1. The molecular formula is C11H11N3O2. The lowest BCUT2D eigenvalue weighted by Gasteiger charge is -1.91. The molecule has 82 valence electrons. The Morgan fingerprint density at radius 1 is 1.56 bits per heavy atom. The van der Waals surface area contributed by atoms with Crippen molar-refractivity contribution in [2.75, 3.05) is 0 Å². The van der Waals surface area contributed by atoms with Crippen LogP contribution >= 0.6 is 0 Å². The van der Waals surface area contributed by atoms with Crippen LogP contribution in [-0.4, -0.2) is 26.0 Å². The zero-order chi connectivity index (χ0) is 11.1. The normalized spacial score (nSPS) is 15.5. The van der Waals surface area contributed by atoms with Crippen LogP contribution in [0, 0.1) is 5.92 Å². The molecule has 0 radical (unpaired) electrons. The lowest BCUT2D eigenvalue weighted by atomic mass is 10.3. The molecule has 1 aliphatic rings. The van der Waals surface area contributed by atoms with Crippen LogP contribution in [0.25, 0.3) is 11.2 Å². The minimum absolute atomic E-state index is 0.189. The smallest absolute Gasteiger partial charge is 0.337 e. The first-order chi connectivity index (χ1) is 7.72. The average Bonchev–Trinajstić information content (AvgIpc) is 2.96. The van der Waals surface area contributed by atoms with E-state index in [0.29, 0.717) is 11.2 Å². The number of H-pyrrole nitrogens is 1. The van der Waals surface area contributed by atoms with Gasteiger partial charge in [0, 0.05) is 12.6 Å². The fourth-order valence-electron chi connectivity index (χ4n) is 1.76. The summed E-state index contributed by atoms with van der Waals surface area (Å²) in [7, 11) is 0. The SMILES string of the molecule is O=C(O)c1cnc2nc(CC3CC3)[nH]c2c1. The first-order valence-electron chi connectivity index (χ1n) is 5.30. The third-order valence-electron chi connectivity index (χ3n) is 2.81. The first-order valence-corrected chi connectivity index (χ1v) is 5.30. The highest BCUT2D eigenvalue weighted by Crippen LogP contribution is 2.32. The molecule has 2 heterocycles. The summed E-state index contributed by atoms with van der Waals surface area (Å²) in [4.78, 5) is 22.3. The summed E-state index contributed by atoms with van der Waals surface area (Å²) in [6.07, 6.45) is 4.82. The summed E-state index contributed by atoms with van der Waals surface area (Å²) in [5, 5.41) is 8.83. The maximum Gasteiger partial charge on any atom is 0.337 e. The summed E-state index contributed by atoms with van der Waals surface area (Å²) >= 11 is 0. The van der Waals surface area contributed by atoms with Gasteiger partial charge in [-0.1, -0.05) is 0 Å². The van der Waals surface area contributed by atoms with Crippen molar-refractivity contribution in [2.45, 2.75) is 19.3 Å². The molecule has 1 aliphatic carbocycles. The molecule has 2 aromatic rings. The van der Waals surface area contributed by atoms with Gasteiger partial charge in [-0.3, -0.25) is 0 Å². The van der Waals surface area contributed by atoms with E-state index in [1.165, 1.54) is 19.0 Å². The average molecular weight is 217 g/mol. The van der Waals surface area contributed by atoms with Gasteiger partial charge in [0.05, 0.1) is 11.1 Å². The number of aromatic amines is 1. The Labute approximate surface area is 91.5 Å². The van der Waals surface area contributed by atoms with E-state index in [0.717, 1.165) is 18.2 Å². The number of pyridine rings is 1. The number of rotatable bonds is 3. The zero-order valence-electron chi connectivity index (χ0n) is 8.60. The monoisotopic (exact) mass is 217 g/mol. The maximum absolute atomic E-state index is 10.8. The number of aromatic carboxylic acids is 1. The number of carboxylic acid groups (broad SMARTS) is 1. The van der Waals surface area contributed by atoms with Crippen LogP contribution in [0.1, 0.15) is 29.0 Å². The molecule has 0 aromatic carbocycles. The number of aromatic nitrogens is 3. The predicted octanol–water partition coefficient (Wildman–Crippen LogP) is 1.61. The molecule has 0 atom stereocenters. The van der Waals surface area contributed by atoms with E-state index < -0.39 is 5.97 Å². The van der Waals surface area contributed by atoms with Crippen LogP contribution < -0.4 is 0 Å². The van der Waals surface area contributed by atoms with Gasteiger partial charge in [-0.05, 0) is 24.8 Å². The summed E-state index contributed by atoms with van der Waals surface area (Å²) in [6.45, 7) is 0. The van der Waals surface area contributed by atoms with Crippen molar-refractivity contribution in [1.82, 2.24) is 15.0 Å². The molecule has 0 spiro atoms. The predicted molar refractivity (Wildman–Crippen MR) is 57.3 cm³/mol. The largest absolute Gasteiger partial charge is 0.478 e. The van der Waals surface area contributed by atoms with Gasteiger partial charge in [0.25, 0.3) is 0 Å². The van der Waals surface area contributed by atoms with Gasteiger partial charge in [0.2, 0.25) is 0 Å². The molecule has 5 heteroatoms. The van der Waals surface area contributed by atoms with Crippen molar-refractivity contribution >= 4 is 17.1 Å². The van der Waals surface area contributed by atoms with Crippen LogP contribution in [0.2, 0.25) is 0 Å². The van der Waals surface area contributed by atoms with Crippen molar-refractivity contribution in [3.05, 3.63) is 23.7 Å².